The fourth-order valence-electron chi connectivity index (χ4n) is 7.85. The highest BCUT2D eigenvalue weighted by atomic mass is 16.5. The highest BCUT2D eigenvalue weighted by Gasteiger charge is 2.66. The van der Waals surface area contributed by atoms with Gasteiger partial charge in [0.2, 0.25) is 5.69 Å². The van der Waals surface area contributed by atoms with Crippen LogP contribution in [0.2, 0.25) is 0 Å². The van der Waals surface area contributed by atoms with Crippen LogP contribution in [0.5, 0.6) is 11.5 Å². The summed E-state index contributed by atoms with van der Waals surface area (Å²) in [5.41, 5.74) is 8.93. The van der Waals surface area contributed by atoms with Gasteiger partial charge in [-0.1, -0.05) is 6.07 Å². The molecule has 1 spiro atoms. The lowest BCUT2D eigenvalue weighted by molar-refractivity contribution is -0.954. The van der Waals surface area contributed by atoms with Crippen molar-refractivity contribution in [3.8, 4) is 22.8 Å². The van der Waals surface area contributed by atoms with Crippen molar-refractivity contribution < 1.29 is 13.9 Å². The molecule has 0 saturated heterocycles. The lowest BCUT2D eigenvalue weighted by Crippen LogP contribution is -2.74. The molecule has 0 N–H and O–H groups in total. The molecule has 168 valence electrons. The average molecular weight is 473 g/mol. The maximum Gasteiger partial charge on any atom is 0.374 e. The van der Waals surface area contributed by atoms with Crippen LogP contribution >= 0.6 is 0 Å². The topological polar surface area (TPSA) is 34.3 Å². The quantitative estimate of drug-likeness (QED) is 0.162. The molecule has 3 aromatic carbocycles. The Labute approximate surface area is 209 Å². The summed E-state index contributed by atoms with van der Waals surface area (Å²) in [5, 5.41) is 6.21. The zero-order chi connectivity index (χ0) is 23.6. The lowest BCUT2D eigenvalue weighted by atomic mass is 9.83. The molecule has 0 radical (unpaired) electrons. The maximum atomic E-state index is 6.74. The fraction of sp³-hybridized carbons (Fsp3) is 0.0312. The van der Waals surface area contributed by atoms with Crippen molar-refractivity contribution in [2.75, 3.05) is 0 Å². The van der Waals surface area contributed by atoms with Crippen LogP contribution in [0.4, 0.5) is 0 Å². The second-order valence-corrected chi connectivity index (χ2v) is 10.4. The first-order chi connectivity index (χ1) is 18.4. The minimum Gasteiger partial charge on any atom is -0.456 e. The molecule has 5 nitrogen and oxygen atoms in total. The monoisotopic (exact) mass is 472 g/mol. The van der Waals surface area contributed by atoms with Crippen molar-refractivity contribution in [2.24, 2.45) is 0 Å². The van der Waals surface area contributed by atoms with E-state index in [0.29, 0.717) is 0 Å². The molecule has 0 amide bonds. The maximum absolute atomic E-state index is 6.74. The second-order valence-electron chi connectivity index (χ2n) is 10.4. The van der Waals surface area contributed by atoms with Crippen molar-refractivity contribution in [1.82, 2.24) is 9.38 Å². The molecular weight excluding hydrogens is 456 g/mol. The van der Waals surface area contributed by atoms with E-state index in [2.05, 4.69) is 105 Å². The van der Waals surface area contributed by atoms with Crippen molar-refractivity contribution in [3.63, 3.8) is 0 Å². The van der Waals surface area contributed by atoms with E-state index < -0.39 is 5.66 Å². The molecule has 0 saturated carbocycles. The van der Waals surface area contributed by atoms with Crippen molar-refractivity contribution in [1.29, 1.82) is 0 Å². The molecular formula is C32H16N4O+2. The summed E-state index contributed by atoms with van der Waals surface area (Å²) < 4.78 is 14.2. The van der Waals surface area contributed by atoms with Gasteiger partial charge in [0.25, 0.3) is 0 Å². The van der Waals surface area contributed by atoms with Crippen molar-refractivity contribution in [2.45, 2.75) is 5.66 Å². The molecule has 1 unspecified atom stereocenters. The Hall–Kier alpha value is -5.03. The number of hydrogen-bond acceptors (Lipinski definition) is 2. The van der Waals surface area contributed by atoms with Gasteiger partial charge in [0.05, 0.1) is 28.0 Å². The predicted molar refractivity (Wildman–Crippen MR) is 140 cm³/mol. The molecule has 3 aliphatic heterocycles. The van der Waals surface area contributed by atoms with Crippen LogP contribution in [0, 0.1) is 0 Å². The van der Waals surface area contributed by atoms with Gasteiger partial charge in [0.1, 0.15) is 17.1 Å². The van der Waals surface area contributed by atoms with E-state index >= 15 is 0 Å². The van der Waals surface area contributed by atoms with Gasteiger partial charge < -0.3 is 4.74 Å². The van der Waals surface area contributed by atoms with E-state index in [1.807, 2.05) is 6.20 Å². The van der Waals surface area contributed by atoms with Gasteiger partial charge in [-0.25, -0.2) is 0 Å². The molecule has 0 aliphatic carbocycles. The third-order valence-corrected chi connectivity index (χ3v) is 9.00. The molecule has 1 atom stereocenters. The van der Waals surface area contributed by atoms with Gasteiger partial charge in [-0.2, -0.15) is 8.97 Å². The van der Waals surface area contributed by atoms with E-state index in [9.17, 15) is 0 Å². The highest BCUT2D eigenvalue weighted by molar-refractivity contribution is 6.28. The number of ether oxygens (including phenoxy) is 1. The molecule has 5 heteroatoms. The van der Waals surface area contributed by atoms with Crippen LogP contribution < -0.4 is 13.9 Å². The van der Waals surface area contributed by atoms with Crippen LogP contribution in [0.15, 0.2) is 97.5 Å². The third kappa shape index (κ3) is 1.54. The first-order valence-electron chi connectivity index (χ1n) is 12.7. The average Bonchev–Trinajstić information content (AvgIpc) is 3.45. The van der Waals surface area contributed by atoms with Crippen LogP contribution in [0.3, 0.4) is 0 Å². The highest BCUT2D eigenvalue weighted by Crippen LogP contribution is 2.56. The van der Waals surface area contributed by atoms with Gasteiger partial charge >= 0.3 is 11.3 Å². The van der Waals surface area contributed by atoms with Crippen molar-refractivity contribution in [3.05, 3.63) is 109 Å². The molecule has 11 rings (SSSR count). The molecule has 0 fully saturated rings. The van der Waals surface area contributed by atoms with Gasteiger partial charge in [0.15, 0.2) is 22.8 Å². The Morgan fingerprint density at radius 1 is 0.676 bits per heavy atom. The van der Waals surface area contributed by atoms with Crippen LogP contribution in [0.1, 0.15) is 11.1 Å². The summed E-state index contributed by atoms with van der Waals surface area (Å²) in [6.07, 6.45) is 6.42. The number of rotatable bonds is 0. The molecule has 8 heterocycles. The number of hydrogen-bond donors (Lipinski definition) is 0. The first-order valence-corrected chi connectivity index (χ1v) is 12.7. The normalized spacial score (nSPS) is 18.1. The number of pyridine rings is 4. The Morgan fingerprint density at radius 2 is 1.57 bits per heavy atom. The number of benzene rings is 3. The predicted octanol–water partition coefficient (Wildman–Crippen LogP) is 5.66. The summed E-state index contributed by atoms with van der Waals surface area (Å²) >= 11 is 0. The minimum absolute atomic E-state index is 0.588. The lowest BCUT2D eigenvalue weighted by Gasteiger charge is -2.33. The van der Waals surface area contributed by atoms with Crippen LogP contribution in [0.25, 0.3) is 60.4 Å². The molecule has 8 aromatic rings. The smallest absolute Gasteiger partial charge is 0.374 e. The Balaban J connectivity index is 1.57. The van der Waals surface area contributed by atoms with Gasteiger partial charge in [-0.15, -0.1) is 4.57 Å². The van der Waals surface area contributed by atoms with E-state index in [-0.39, 0.29) is 0 Å². The summed E-state index contributed by atoms with van der Waals surface area (Å²) in [6, 6.07) is 28.4. The van der Waals surface area contributed by atoms with Gasteiger partial charge in [-0.3, -0.25) is 4.98 Å². The van der Waals surface area contributed by atoms with Gasteiger partial charge in [-0.05, 0) is 60.7 Å². The van der Waals surface area contributed by atoms with Crippen LogP contribution in [-0.4, -0.2) is 9.38 Å². The molecule has 5 aromatic heterocycles. The summed E-state index contributed by atoms with van der Waals surface area (Å²) in [5.74, 6) is 1.83. The Bertz CT molecular complexity index is 2400. The largest absolute Gasteiger partial charge is 0.456 e. The first kappa shape index (κ1) is 17.4. The fourth-order valence-corrected chi connectivity index (χ4v) is 7.85. The summed E-state index contributed by atoms with van der Waals surface area (Å²) in [4.78, 5) is 4.76. The van der Waals surface area contributed by atoms with Crippen molar-refractivity contribution >= 4 is 49.1 Å². The zero-order valence-corrected chi connectivity index (χ0v) is 19.4. The second kappa shape index (κ2) is 5.22. The number of nitrogens with zero attached hydrogens (tertiary/aromatic N) is 4. The third-order valence-electron chi connectivity index (χ3n) is 9.00. The Kier molecular flexibility index (Phi) is 2.46. The summed E-state index contributed by atoms with van der Waals surface area (Å²) in [7, 11) is 0. The van der Waals surface area contributed by atoms with E-state index in [1.54, 1.807) is 0 Å². The molecule has 3 aliphatic rings. The SMILES string of the molecule is c1cc2c3c(c1)-c1cccc[n+]1C31c3c(ccc4c5ccnc6ccc7c8ccc[n+]1c8n(c34)c7c65)O2. The van der Waals surface area contributed by atoms with E-state index in [4.69, 9.17) is 9.72 Å². The van der Waals surface area contributed by atoms with Crippen LogP contribution in [-0.2, 0) is 5.66 Å². The zero-order valence-electron chi connectivity index (χ0n) is 19.4. The number of aromatic nitrogens is 4. The van der Waals surface area contributed by atoms with Gasteiger partial charge in [0, 0.05) is 34.5 Å². The minimum atomic E-state index is -0.588. The summed E-state index contributed by atoms with van der Waals surface area (Å²) in [6.45, 7) is 0. The number of fused-ring (bicyclic) bond motifs is 4. The molecule has 0 bridgehead atoms. The molecule has 37 heavy (non-hydrogen) atoms. The standard InChI is InChI=1S/C32H16N4O/c1-2-15-34-23(7-1)21-5-3-8-24-27(21)32(34)28-25(37-24)12-10-18-17-13-14-33-22-11-9-19-20-6-4-16-35(32)31(20)36(30(18)28)29(19)26(17)22/h1-16H/q+2. The van der Waals surface area contributed by atoms with E-state index in [0.717, 1.165) is 17.0 Å². The Morgan fingerprint density at radius 3 is 2.57 bits per heavy atom. The van der Waals surface area contributed by atoms with E-state index in [1.165, 1.54) is 66.0 Å².